The molecule has 1 aliphatic heterocycles. The van der Waals surface area contributed by atoms with Crippen LogP contribution in [0.5, 0.6) is 0 Å². The van der Waals surface area contributed by atoms with E-state index in [9.17, 15) is 26.7 Å². The predicted octanol–water partition coefficient (Wildman–Crippen LogP) is 5.38. The fourth-order valence-electron chi connectivity index (χ4n) is 4.57. The molecule has 2 saturated carbocycles. The first-order valence-electron chi connectivity index (χ1n) is 10.7. The average molecular weight is 444 g/mol. The van der Waals surface area contributed by atoms with E-state index >= 15 is 0 Å². The summed E-state index contributed by atoms with van der Waals surface area (Å²) >= 11 is 0. The Balaban J connectivity index is 0.000000229. The summed E-state index contributed by atoms with van der Waals surface area (Å²) in [5.41, 5.74) is 1.14. The highest BCUT2D eigenvalue weighted by Gasteiger charge is 2.59. The van der Waals surface area contributed by atoms with Crippen LogP contribution in [0.2, 0.25) is 0 Å². The van der Waals surface area contributed by atoms with Crippen LogP contribution in [0.25, 0.3) is 6.08 Å². The number of carbonyl (C=O) groups excluding carboxylic acids is 1. The minimum Gasteiger partial charge on any atom is -0.329 e. The second-order valence-corrected chi connectivity index (χ2v) is 8.79. The van der Waals surface area contributed by atoms with Crippen molar-refractivity contribution in [1.29, 1.82) is 0 Å². The minimum atomic E-state index is -4.83. The third-order valence-electron chi connectivity index (χ3n) is 6.01. The smallest absolute Gasteiger partial charge is 0.329 e. The minimum absolute atomic E-state index is 0.140. The number of rotatable bonds is 6. The highest BCUT2D eigenvalue weighted by Crippen LogP contribution is 2.52. The molecule has 0 atom stereocenters. The molecule has 1 aromatic rings. The molecule has 172 valence electrons. The predicted molar refractivity (Wildman–Crippen MR) is 110 cm³/mol. The van der Waals surface area contributed by atoms with Crippen LogP contribution in [-0.2, 0) is 4.79 Å². The molecule has 4 rings (SSSR count). The molecule has 31 heavy (non-hydrogen) atoms. The van der Waals surface area contributed by atoms with Gasteiger partial charge < -0.3 is 4.90 Å². The number of likely N-dealkylation sites (tertiary alicyclic amines) is 1. The summed E-state index contributed by atoms with van der Waals surface area (Å²) in [6.45, 7) is 2.87. The number of nitrogens with zero attached hydrogens (tertiary/aromatic N) is 2. The van der Waals surface area contributed by atoms with Gasteiger partial charge in [-0.2, -0.15) is 13.2 Å². The number of alkyl halides is 5. The molecule has 1 saturated heterocycles. The summed E-state index contributed by atoms with van der Waals surface area (Å²) in [4.78, 5) is 14.1. The zero-order chi connectivity index (χ0) is 22.6. The third-order valence-corrected chi connectivity index (χ3v) is 6.01. The van der Waals surface area contributed by atoms with Crippen LogP contribution in [-0.4, -0.2) is 60.0 Å². The Bertz CT molecular complexity index is 747. The maximum atomic E-state index is 12.6. The Morgan fingerprint density at radius 1 is 1.16 bits per heavy atom. The second kappa shape index (κ2) is 9.67. The lowest BCUT2D eigenvalue weighted by Crippen LogP contribution is -2.68. The van der Waals surface area contributed by atoms with Gasteiger partial charge in [0.25, 0.3) is 6.43 Å². The van der Waals surface area contributed by atoms with Gasteiger partial charge in [-0.1, -0.05) is 49.4 Å². The highest BCUT2D eigenvalue weighted by molar-refractivity contribution is 5.83. The lowest BCUT2D eigenvalue weighted by molar-refractivity contribution is -0.198. The van der Waals surface area contributed by atoms with E-state index in [1.807, 2.05) is 6.07 Å². The van der Waals surface area contributed by atoms with Crippen molar-refractivity contribution >= 4 is 12.0 Å². The van der Waals surface area contributed by atoms with Crippen molar-refractivity contribution in [3.8, 4) is 0 Å². The Morgan fingerprint density at radius 3 is 2.26 bits per heavy atom. The average Bonchev–Trinajstić information content (AvgIpc) is 3.48. The monoisotopic (exact) mass is 444 g/mol. The fourth-order valence-corrected chi connectivity index (χ4v) is 4.57. The topological polar surface area (TPSA) is 23.6 Å². The van der Waals surface area contributed by atoms with Crippen LogP contribution in [0.3, 0.4) is 0 Å². The van der Waals surface area contributed by atoms with Gasteiger partial charge in [0, 0.05) is 25.2 Å². The zero-order valence-corrected chi connectivity index (χ0v) is 17.6. The molecular weight excluding hydrogens is 415 g/mol. The van der Waals surface area contributed by atoms with Gasteiger partial charge in [-0.05, 0) is 43.1 Å². The van der Waals surface area contributed by atoms with Gasteiger partial charge in [0.1, 0.15) is 0 Å². The van der Waals surface area contributed by atoms with Crippen molar-refractivity contribution in [3.63, 3.8) is 0 Å². The van der Waals surface area contributed by atoms with E-state index in [1.54, 1.807) is 4.90 Å². The van der Waals surface area contributed by atoms with Gasteiger partial charge in [0.05, 0.1) is 6.54 Å². The van der Waals surface area contributed by atoms with Crippen molar-refractivity contribution in [2.75, 3.05) is 19.6 Å². The van der Waals surface area contributed by atoms with E-state index in [2.05, 4.69) is 43.3 Å². The summed E-state index contributed by atoms with van der Waals surface area (Å²) < 4.78 is 62.3. The maximum absolute atomic E-state index is 12.6. The van der Waals surface area contributed by atoms with Crippen LogP contribution >= 0.6 is 0 Å². The van der Waals surface area contributed by atoms with Crippen molar-refractivity contribution < 1.29 is 26.7 Å². The Labute approximate surface area is 179 Å². The zero-order valence-electron chi connectivity index (χ0n) is 17.6. The van der Waals surface area contributed by atoms with Crippen molar-refractivity contribution in [1.82, 2.24) is 9.80 Å². The van der Waals surface area contributed by atoms with E-state index in [0.717, 1.165) is 11.3 Å². The van der Waals surface area contributed by atoms with Crippen LogP contribution in [0.1, 0.15) is 44.6 Å². The quantitative estimate of drug-likeness (QED) is 0.550. The highest BCUT2D eigenvalue weighted by atomic mass is 19.4. The number of allylic oxidation sites excluding steroid dienone is 1. The van der Waals surface area contributed by atoms with Crippen LogP contribution < -0.4 is 0 Å². The maximum Gasteiger partial charge on any atom is 0.471 e. The number of amides is 1. The summed E-state index contributed by atoms with van der Waals surface area (Å²) in [6, 6.07) is 9.69. The molecule has 1 aromatic carbocycles. The summed E-state index contributed by atoms with van der Waals surface area (Å²) in [7, 11) is 0. The van der Waals surface area contributed by atoms with E-state index in [0.29, 0.717) is 38.8 Å². The number of halogens is 5. The summed E-state index contributed by atoms with van der Waals surface area (Å²) in [5.74, 6) is -1.74. The second-order valence-electron chi connectivity index (χ2n) is 8.79. The molecule has 1 spiro atoms. The van der Waals surface area contributed by atoms with Crippen LogP contribution in [0, 0.1) is 5.41 Å². The van der Waals surface area contributed by atoms with Gasteiger partial charge in [0.2, 0.25) is 0 Å². The molecule has 8 heteroatoms. The van der Waals surface area contributed by atoms with Gasteiger partial charge in [-0.3, -0.25) is 9.69 Å². The first-order valence-corrected chi connectivity index (χ1v) is 10.7. The molecule has 1 amide bonds. The molecule has 0 unspecified atom stereocenters. The van der Waals surface area contributed by atoms with E-state index < -0.39 is 18.5 Å². The Morgan fingerprint density at radius 2 is 1.77 bits per heavy atom. The summed E-state index contributed by atoms with van der Waals surface area (Å²) in [6.07, 6.45) is 0.464. The largest absolute Gasteiger partial charge is 0.471 e. The molecule has 1 heterocycles. The van der Waals surface area contributed by atoms with Crippen LogP contribution in [0.4, 0.5) is 22.0 Å². The van der Waals surface area contributed by atoms with Crippen LogP contribution in [0.15, 0.2) is 36.4 Å². The van der Waals surface area contributed by atoms with E-state index in [1.165, 1.54) is 5.56 Å². The standard InChI is InChI=1S/C13H17F5N2O.C10H12/c14-10(15)5-19-6-12(7-19)3-9(4-12)20(8-1-2-8)11(21)13(16,17)18;1-2-3-7-10-8-5-4-6-9-10/h8-10H,1-7H2;3-9H,2H2,1H3/b;7-3-. The number of hydrogen-bond acceptors (Lipinski definition) is 2. The molecule has 3 fully saturated rings. The Hall–Kier alpha value is -1.96. The third kappa shape index (κ3) is 6.28. The molecule has 0 radical (unpaired) electrons. The van der Waals surface area contributed by atoms with Crippen molar-refractivity contribution in [2.45, 2.75) is 63.7 Å². The first kappa shape index (κ1) is 23.7. The number of hydrogen-bond donors (Lipinski definition) is 0. The van der Waals surface area contributed by atoms with E-state index in [-0.39, 0.29) is 24.0 Å². The molecule has 0 N–H and O–H groups in total. The molecule has 0 bridgehead atoms. The number of benzene rings is 1. The normalized spacial score (nSPS) is 20.9. The molecule has 3 nitrogen and oxygen atoms in total. The molecule has 3 aliphatic rings. The van der Waals surface area contributed by atoms with Gasteiger partial charge in [0.15, 0.2) is 0 Å². The SMILES string of the molecule is CC/C=C\c1ccccc1.O=C(N(C1CC1)C1CC2(C1)CN(CC(F)F)C2)C(F)(F)F. The summed E-state index contributed by atoms with van der Waals surface area (Å²) in [5, 5.41) is 0. The Kier molecular flexibility index (Phi) is 7.39. The van der Waals surface area contributed by atoms with Gasteiger partial charge in [-0.15, -0.1) is 0 Å². The molecule has 2 aliphatic carbocycles. The van der Waals surface area contributed by atoms with E-state index in [4.69, 9.17) is 0 Å². The molecular formula is C23H29F5N2O. The lowest BCUT2D eigenvalue weighted by Gasteiger charge is -2.61. The number of carbonyl (C=O) groups is 1. The fraction of sp³-hybridized carbons (Fsp3) is 0.609. The van der Waals surface area contributed by atoms with Crippen molar-refractivity contribution in [2.24, 2.45) is 5.41 Å². The van der Waals surface area contributed by atoms with Gasteiger partial charge >= 0.3 is 12.1 Å². The van der Waals surface area contributed by atoms with Gasteiger partial charge in [-0.25, -0.2) is 8.78 Å². The van der Waals surface area contributed by atoms with Crippen molar-refractivity contribution in [3.05, 3.63) is 42.0 Å². The lowest BCUT2D eigenvalue weighted by atomic mass is 9.60. The first-order chi connectivity index (χ1) is 14.6. The molecule has 0 aromatic heterocycles.